The van der Waals surface area contributed by atoms with Gasteiger partial charge in [-0.3, -0.25) is 4.79 Å². The number of aliphatic hydroxyl groups excluding tert-OH is 3. The van der Waals surface area contributed by atoms with Gasteiger partial charge in [-0.2, -0.15) is 0 Å². The molecule has 0 spiro atoms. The molecule has 2 aromatic rings. The van der Waals surface area contributed by atoms with Crippen LogP contribution in [0.2, 0.25) is 0 Å². The lowest BCUT2D eigenvalue weighted by atomic mass is 9.85. The molecule has 2 aromatic carbocycles. The summed E-state index contributed by atoms with van der Waals surface area (Å²) in [5, 5.41) is 43.6. The summed E-state index contributed by atoms with van der Waals surface area (Å²) in [6, 6.07) is 15.9. The fourth-order valence-corrected chi connectivity index (χ4v) is 5.68. The molecular weight excluding hydrogens is 580 g/mol. The normalized spacial score (nSPS) is 20.9. The van der Waals surface area contributed by atoms with Gasteiger partial charge in [-0.15, -0.1) is 10.1 Å². The van der Waals surface area contributed by atoms with Crippen LogP contribution in [-0.4, -0.2) is 56.6 Å². The number of benzene rings is 2. The van der Waals surface area contributed by atoms with Crippen LogP contribution in [0.1, 0.15) is 75.0 Å². The molecular formula is C34H46N2O9. The second-order valence-corrected chi connectivity index (χ2v) is 11.8. The van der Waals surface area contributed by atoms with Crippen molar-refractivity contribution >= 4 is 11.9 Å². The van der Waals surface area contributed by atoms with Crippen molar-refractivity contribution in [3.05, 3.63) is 93.6 Å². The third kappa shape index (κ3) is 13.0. The summed E-state index contributed by atoms with van der Waals surface area (Å²) < 4.78 is 5.26. The highest BCUT2D eigenvalue weighted by Crippen LogP contribution is 2.38. The smallest absolute Gasteiger partial charge is 0.328 e. The molecule has 1 saturated carbocycles. The summed E-state index contributed by atoms with van der Waals surface area (Å²) in [5.41, 5.74) is 2.49. The number of carbonyl (C=O) groups is 2. The number of nitrogens with one attached hydrogen (secondary N) is 1. The third-order valence-electron chi connectivity index (χ3n) is 8.28. The van der Waals surface area contributed by atoms with Gasteiger partial charge in [0.25, 0.3) is 5.09 Å². The van der Waals surface area contributed by atoms with Crippen LogP contribution in [0.5, 0.6) is 0 Å². The van der Waals surface area contributed by atoms with Crippen LogP contribution < -0.4 is 5.32 Å². The van der Waals surface area contributed by atoms with E-state index >= 15 is 0 Å². The quantitative estimate of drug-likeness (QED) is 0.0587. The van der Waals surface area contributed by atoms with E-state index in [-0.39, 0.29) is 37.4 Å². The Bertz CT molecular complexity index is 1220. The van der Waals surface area contributed by atoms with Crippen molar-refractivity contribution in [3.63, 3.8) is 0 Å². The molecule has 0 heterocycles. The maximum Gasteiger partial charge on any atom is 0.328 e. The highest BCUT2D eigenvalue weighted by Gasteiger charge is 2.40. The zero-order valence-electron chi connectivity index (χ0n) is 25.8. The summed E-state index contributed by atoms with van der Waals surface area (Å²) >= 11 is 0. The zero-order chi connectivity index (χ0) is 32.6. The lowest BCUT2D eigenvalue weighted by Crippen LogP contribution is -2.39. The number of unbranched alkanes of at least 4 members (excludes halogenated alkanes) is 1. The molecule has 3 rings (SSSR count). The predicted molar refractivity (Wildman–Crippen MR) is 167 cm³/mol. The Hall–Kier alpha value is -3.80. The van der Waals surface area contributed by atoms with Gasteiger partial charge < -0.3 is 30.2 Å². The third-order valence-corrected chi connectivity index (χ3v) is 8.28. The van der Waals surface area contributed by atoms with Crippen LogP contribution in [0.3, 0.4) is 0 Å². The minimum absolute atomic E-state index is 0.00261. The van der Waals surface area contributed by atoms with Crippen molar-refractivity contribution in [1.29, 1.82) is 0 Å². The fraction of sp³-hybridized carbons (Fsp3) is 0.529. The number of aryl methyl sites for hydroxylation is 1. The van der Waals surface area contributed by atoms with E-state index in [4.69, 9.17) is 4.74 Å². The Morgan fingerprint density at radius 3 is 2.33 bits per heavy atom. The zero-order valence-corrected chi connectivity index (χ0v) is 25.8. The molecule has 6 atom stereocenters. The first-order valence-corrected chi connectivity index (χ1v) is 15.7. The molecule has 11 nitrogen and oxygen atoms in total. The Morgan fingerprint density at radius 2 is 1.64 bits per heavy atom. The van der Waals surface area contributed by atoms with Crippen LogP contribution >= 0.6 is 0 Å². The van der Waals surface area contributed by atoms with Crippen molar-refractivity contribution < 1.29 is 39.6 Å². The largest absolute Gasteiger partial charge is 0.459 e. The molecule has 1 aliphatic rings. The number of hydrogen-bond acceptors (Lipinski definition) is 9. The maximum atomic E-state index is 12.3. The van der Waals surface area contributed by atoms with Gasteiger partial charge in [-0.1, -0.05) is 66.7 Å². The van der Waals surface area contributed by atoms with Gasteiger partial charge in [0.15, 0.2) is 0 Å². The molecule has 4 N–H and O–H groups in total. The molecule has 0 saturated heterocycles. The van der Waals surface area contributed by atoms with Crippen LogP contribution in [0.4, 0.5) is 0 Å². The average molecular weight is 627 g/mol. The van der Waals surface area contributed by atoms with E-state index in [1.54, 1.807) is 31.2 Å². The Morgan fingerprint density at radius 1 is 0.978 bits per heavy atom. The number of ether oxygens (including phenoxy) is 1. The minimum Gasteiger partial charge on any atom is -0.459 e. The van der Waals surface area contributed by atoms with E-state index in [2.05, 4.69) is 10.2 Å². The number of nitrogens with zero attached hydrogens (tertiary/aromatic N) is 1. The van der Waals surface area contributed by atoms with Crippen LogP contribution in [0.15, 0.2) is 66.7 Å². The fourth-order valence-electron chi connectivity index (χ4n) is 5.68. The molecule has 0 aliphatic heterocycles. The van der Waals surface area contributed by atoms with E-state index < -0.39 is 35.4 Å². The SMILES string of the molecule is CC(NC(=O)CCC/C=C\C[C@@H]1[C@@H](CC[C@@H](O)CCc2ccccc2)[C@H](O)C[C@@H]1O)C(=O)OCc1ccc(CO[N+](=O)[O-])cc1. The number of carbonyl (C=O) groups excluding carboxylic acids is 2. The topological polar surface area (TPSA) is 168 Å². The highest BCUT2D eigenvalue weighted by molar-refractivity contribution is 5.84. The number of hydrogen-bond donors (Lipinski definition) is 4. The number of rotatable bonds is 19. The van der Waals surface area contributed by atoms with Gasteiger partial charge in [-0.25, -0.2) is 4.79 Å². The van der Waals surface area contributed by atoms with E-state index in [9.17, 15) is 35.0 Å². The summed E-state index contributed by atoms with van der Waals surface area (Å²) in [7, 11) is 0. The van der Waals surface area contributed by atoms with Gasteiger partial charge in [-0.05, 0) is 86.8 Å². The molecule has 1 amide bonds. The second-order valence-electron chi connectivity index (χ2n) is 11.8. The summed E-state index contributed by atoms with van der Waals surface area (Å²) in [5.74, 6) is -0.978. The van der Waals surface area contributed by atoms with Gasteiger partial charge in [0.05, 0.1) is 18.3 Å². The standard InChI is InChI=1S/C34H46N2O9/c1-24(34(41)44-22-26-13-15-27(16-14-26)23-45-36(42)43)35-33(40)12-8-3-2-7-11-29-30(32(39)21-31(29)38)20-19-28(37)18-17-25-9-5-4-6-10-25/h2,4-7,9-10,13-16,24,28-32,37-39H,3,8,11-12,17-23H2,1H3,(H,35,40)/b7-2-/t24?,28-,29+,30+,31-,32+/m0/s1. The van der Waals surface area contributed by atoms with Crippen molar-refractivity contribution in [1.82, 2.24) is 5.32 Å². The number of esters is 1. The predicted octanol–water partition coefficient (Wildman–Crippen LogP) is 4.19. The van der Waals surface area contributed by atoms with Crippen LogP contribution in [-0.2, 0) is 38.8 Å². The van der Waals surface area contributed by atoms with Crippen molar-refractivity contribution in [3.8, 4) is 0 Å². The van der Waals surface area contributed by atoms with Gasteiger partial charge in [0.2, 0.25) is 5.91 Å². The Kier molecular flexibility index (Phi) is 15.0. The maximum absolute atomic E-state index is 12.3. The molecule has 0 bridgehead atoms. The Balaban J connectivity index is 1.29. The monoisotopic (exact) mass is 626 g/mol. The second kappa shape index (κ2) is 18.9. The van der Waals surface area contributed by atoms with E-state index in [1.807, 2.05) is 42.5 Å². The summed E-state index contributed by atoms with van der Waals surface area (Å²) in [4.78, 5) is 39.2. The van der Waals surface area contributed by atoms with E-state index in [0.717, 1.165) is 6.42 Å². The molecule has 1 unspecified atom stereocenters. The van der Waals surface area contributed by atoms with Gasteiger partial charge in [0.1, 0.15) is 19.3 Å². The van der Waals surface area contributed by atoms with E-state index in [0.29, 0.717) is 56.1 Å². The van der Waals surface area contributed by atoms with Crippen molar-refractivity contribution in [2.75, 3.05) is 0 Å². The lowest BCUT2D eigenvalue weighted by Gasteiger charge is -2.23. The Labute approximate surface area is 264 Å². The minimum atomic E-state index is -0.864. The summed E-state index contributed by atoms with van der Waals surface area (Å²) in [6.45, 7) is 1.39. The van der Waals surface area contributed by atoms with Crippen LogP contribution in [0, 0.1) is 22.0 Å². The number of amides is 1. The van der Waals surface area contributed by atoms with Crippen molar-refractivity contribution in [2.45, 2.75) is 102 Å². The average Bonchev–Trinajstić information content (AvgIpc) is 3.30. The van der Waals surface area contributed by atoms with Gasteiger partial charge in [0, 0.05) is 6.42 Å². The van der Waals surface area contributed by atoms with E-state index in [1.165, 1.54) is 5.56 Å². The first kappa shape index (κ1) is 35.7. The molecule has 0 aromatic heterocycles. The number of allylic oxidation sites excluding steroid dienone is 2. The van der Waals surface area contributed by atoms with Crippen molar-refractivity contribution in [2.24, 2.45) is 11.8 Å². The summed E-state index contributed by atoms with van der Waals surface area (Å²) in [6.07, 6.45) is 7.49. The van der Waals surface area contributed by atoms with Gasteiger partial charge >= 0.3 is 5.97 Å². The molecule has 1 aliphatic carbocycles. The lowest BCUT2D eigenvalue weighted by molar-refractivity contribution is -0.763. The van der Waals surface area contributed by atoms with Crippen LogP contribution in [0.25, 0.3) is 0 Å². The molecule has 246 valence electrons. The number of aliphatic hydroxyl groups is 3. The highest BCUT2D eigenvalue weighted by atomic mass is 16.9. The first-order chi connectivity index (χ1) is 21.6. The molecule has 1 fully saturated rings. The molecule has 0 radical (unpaired) electrons. The molecule has 11 heteroatoms. The first-order valence-electron chi connectivity index (χ1n) is 15.7. The molecule has 45 heavy (non-hydrogen) atoms.